The molecule has 4 rings (SSSR count). The highest BCUT2D eigenvalue weighted by molar-refractivity contribution is 6.68. The number of nitrogens with zero attached hydrogens (tertiary/aromatic N) is 6. The van der Waals surface area contributed by atoms with E-state index in [1.807, 2.05) is 26.0 Å². The van der Waals surface area contributed by atoms with Gasteiger partial charge in [0, 0.05) is 0 Å². The van der Waals surface area contributed by atoms with E-state index in [0.717, 1.165) is 11.5 Å². The first-order chi connectivity index (χ1) is 20.1. The highest BCUT2D eigenvalue weighted by Crippen LogP contribution is 2.41. The van der Waals surface area contributed by atoms with Gasteiger partial charge in [0.1, 0.15) is 23.0 Å². The van der Waals surface area contributed by atoms with Crippen molar-refractivity contribution in [2.24, 2.45) is 0 Å². The van der Waals surface area contributed by atoms with Crippen molar-refractivity contribution in [2.75, 3.05) is 0 Å². The second-order valence-electron chi connectivity index (χ2n) is 8.24. The van der Waals surface area contributed by atoms with Gasteiger partial charge in [-0.15, -0.1) is 0 Å². The molecule has 4 heterocycles. The van der Waals surface area contributed by atoms with Crippen LogP contribution in [0.4, 0.5) is 0 Å². The minimum Gasteiger partial charge on any atom is -0.462 e. The van der Waals surface area contributed by atoms with Crippen LogP contribution in [0.15, 0.2) is 33.1 Å². The molecule has 0 unspecified atom stereocenters. The van der Waals surface area contributed by atoms with Gasteiger partial charge in [0.05, 0.1) is 0 Å². The number of furan rings is 2. The Morgan fingerprint density at radius 1 is 0.432 bits per heavy atom. The van der Waals surface area contributed by atoms with Gasteiger partial charge >= 0.3 is 0 Å². The molecule has 236 valence electrons. The monoisotopic (exact) mass is 838 g/mol. The molecule has 0 saturated carbocycles. The van der Waals surface area contributed by atoms with E-state index in [4.69, 9.17) is 148 Å². The second-order valence-corrected chi connectivity index (χ2v) is 17.4. The van der Waals surface area contributed by atoms with Crippen LogP contribution in [0.5, 0.6) is 0 Å². The van der Waals surface area contributed by atoms with Crippen molar-refractivity contribution in [1.82, 2.24) is 29.9 Å². The summed E-state index contributed by atoms with van der Waals surface area (Å²) < 4.78 is 3.26. The molecule has 0 N–H and O–H groups in total. The third-order valence-corrected chi connectivity index (χ3v) is 6.66. The Morgan fingerprint density at radius 2 is 0.705 bits per heavy atom. The van der Waals surface area contributed by atoms with Gasteiger partial charge in [-0.3, -0.25) is 0 Å². The zero-order valence-corrected chi connectivity index (χ0v) is 30.7. The van der Waals surface area contributed by atoms with Crippen LogP contribution >= 0.6 is 139 Å². The summed E-state index contributed by atoms with van der Waals surface area (Å²) in [6.45, 7) is 3.64. The summed E-state index contributed by atoms with van der Waals surface area (Å²) >= 11 is 69.4. The van der Waals surface area contributed by atoms with E-state index in [2.05, 4.69) is 29.9 Å². The Morgan fingerprint density at radius 3 is 0.909 bits per heavy atom. The van der Waals surface area contributed by atoms with Gasteiger partial charge in [-0.1, -0.05) is 139 Å². The van der Waals surface area contributed by atoms with Gasteiger partial charge in [-0.05, 0) is 62.4 Å². The molecule has 0 atom stereocenters. The van der Waals surface area contributed by atoms with Crippen LogP contribution in [0.2, 0.25) is 0 Å². The van der Waals surface area contributed by atoms with Crippen LogP contribution in [0.25, 0.3) is 24.3 Å². The van der Waals surface area contributed by atoms with Gasteiger partial charge in [0.15, 0.2) is 34.9 Å². The highest BCUT2D eigenvalue weighted by atomic mass is 35.6. The molecule has 0 aliphatic rings. The number of rotatable bonds is 4. The van der Waals surface area contributed by atoms with Crippen molar-refractivity contribution in [1.29, 1.82) is 0 Å². The summed E-state index contributed by atoms with van der Waals surface area (Å²) in [6.07, 6.45) is 6.32. The fourth-order valence-electron chi connectivity index (χ4n) is 2.84. The fourth-order valence-corrected chi connectivity index (χ4v) is 3.85. The molecule has 0 bridgehead atoms. The third-order valence-electron chi connectivity index (χ3n) is 4.64. The van der Waals surface area contributed by atoms with Crippen LogP contribution < -0.4 is 0 Å². The topological polar surface area (TPSA) is 104 Å². The van der Waals surface area contributed by atoms with Gasteiger partial charge in [-0.25, -0.2) is 29.9 Å². The van der Waals surface area contributed by atoms with Crippen molar-refractivity contribution in [3.63, 3.8) is 0 Å². The summed E-state index contributed by atoms with van der Waals surface area (Å²) in [5, 5.41) is 0. The lowest BCUT2D eigenvalue weighted by Gasteiger charge is -2.14. The van der Waals surface area contributed by atoms with E-state index in [-0.39, 0.29) is 34.9 Å². The predicted octanol–water partition coefficient (Wildman–Crippen LogP) is 11.2. The molecule has 4 aromatic heterocycles. The highest BCUT2D eigenvalue weighted by Gasteiger charge is 2.34. The Hall–Kier alpha value is -0.460. The summed E-state index contributed by atoms with van der Waals surface area (Å²) in [7, 11) is 0. The van der Waals surface area contributed by atoms with Crippen molar-refractivity contribution in [2.45, 2.75) is 29.0 Å². The zero-order chi connectivity index (χ0) is 33.1. The fraction of sp³-hybridized carbons (Fsp3) is 0.250. The molecule has 0 spiro atoms. The Balaban J connectivity index is 0.000000240. The predicted molar refractivity (Wildman–Crippen MR) is 181 cm³/mol. The molecule has 0 amide bonds. The van der Waals surface area contributed by atoms with Crippen LogP contribution in [-0.2, 0) is 15.2 Å². The van der Waals surface area contributed by atoms with Gasteiger partial charge in [0.2, 0.25) is 15.2 Å². The van der Waals surface area contributed by atoms with E-state index in [9.17, 15) is 0 Å². The first kappa shape index (κ1) is 38.0. The Labute approximate surface area is 310 Å². The number of aryl methyl sites for hydroxylation is 2. The summed E-state index contributed by atoms with van der Waals surface area (Å²) in [5.41, 5.74) is 0. The summed E-state index contributed by atoms with van der Waals surface area (Å²) in [6, 6.07) is 7.18. The normalized spacial score (nSPS) is 13.0. The molecular weight excluding hydrogens is 830 g/mol. The SMILES string of the molecule is Cc1ccc(C=Cc2nc(C(Cl)(Cl)Cl)nc(C(Cl)(Cl)Cl)n2)o1.Cc1ccc(C=Cc2nc(C(Cl)(Cl)Cl)nc(C(Cl)(Cl)Cl)n2)o1. The number of hydrogen-bond donors (Lipinski definition) is 0. The van der Waals surface area contributed by atoms with Crippen LogP contribution in [0.3, 0.4) is 0 Å². The second kappa shape index (κ2) is 15.2. The quantitative estimate of drug-likeness (QED) is 0.187. The van der Waals surface area contributed by atoms with Crippen molar-refractivity contribution in [3.8, 4) is 0 Å². The molecule has 8 nitrogen and oxygen atoms in total. The molecular formula is C24H14Cl12N6O2. The summed E-state index contributed by atoms with van der Waals surface area (Å²) in [4.78, 5) is 23.8. The molecule has 0 aliphatic carbocycles. The molecule has 4 aromatic rings. The van der Waals surface area contributed by atoms with Gasteiger partial charge in [-0.2, -0.15) is 0 Å². The van der Waals surface area contributed by atoms with E-state index in [1.165, 1.54) is 12.2 Å². The maximum atomic E-state index is 5.78. The minimum absolute atomic E-state index is 0.149. The number of alkyl halides is 12. The lowest BCUT2D eigenvalue weighted by atomic mass is 10.3. The maximum Gasteiger partial charge on any atom is 0.250 e. The summed E-state index contributed by atoms with van der Waals surface area (Å²) in [5.74, 6) is 2.45. The Kier molecular flexibility index (Phi) is 13.1. The van der Waals surface area contributed by atoms with Crippen LogP contribution in [0.1, 0.15) is 58.0 Å². The van der Waals surface area contributed by atoms with Crippen LogP contribution in [-0.4, -0.2) is 29.9 Å². The average molecular weight is 844 g/mol. The first-order valence-electron chi connectivity index (χ1n) is 11.4. The van der Waals surface area contributed by atoms with Crippen molar-refractivity contribution in [3.05, 3.63) is 82.3 Å². The molecule has 20 heteroatoms. The lowest BCUT2D eigenvalue weighted by molar-refractivity contribution is 0.525. The number of hydrogen-bond acceptors (Lipinski definition) is 8. The molecule has 0 radical (unpaired) electrons. The van der Waals surface area contributed by atoms with Crippen LogP contribution in [0, 0.1) is 13.8 Å². The standard InChI is InChI=1S/2C12H7Cl6N3O/c2*1-6-2-3-7(22-6)4-5-8-19-9(11(13,14)15)21-10(20-8)12(16,17)18/h2*2-5H,1H3. The molecule has 0 aliphatic heterocycles. The van der Waals surface area contributed by atoms with E-state index in [0.29, 0.717) is 11.5 Å². The van der Waals surface area contributed by atoms with Gasteiger partial charge < -0.3 is 8.83 Å². The van der Waals surface area contributed by atoms with E-state index in [1.54, 1.807) is 24.3 Å². The maximum absolute atomic E-state index is 5.78. The third kappa shape index (κ3) is 12.0. The largest absolute Gasteiger partial charge is 0.462 e. The molecule has 0 fully saturated rings. The zero-order valence-electron chi connectivity index (χ0n) is 21.7. The van der Waals surface area contributed by atoms with Crippen molar-refractivity contribution < 1.29 is 8.83 Å². The molecule has 0 aromatic carbocycles. The number of halogens is 12. The van der Waals surface area contributed by atoms with Gasteiger partial charge in [0.25, 0.3) is 0 Å². The van der Waals surface area contributed by atoms with Crippen molar-refractivity contribution >= 4 is 164 Å². The van der Waals surface area contributed by atoms with E-state index < -0.39 is 15.2 Å². The minimum atomic E-state index is -1.88. The Bertz CT molecular complexity index is 1460. The first-order valence-corrected chi connectivity index (χ1v) is 15.9. The smallest absolute Gasteiger partial charge is 0.250 e. The molecule has 0 saturated heterocycles. The average Bonchev–Trinajstić information content (AvgIpc) is 3.51. The van der Waals surface area contributed by atoms with E-state index >= 15 is 0 Å². The number of aromatic nitrogens is 6. The molecule has 44 heavy (non-hydrogen) atoms. The lowest BCUT2D eigenvalue weighted by Crippen LogP contribution is -2.16.